The van der Waals surface area contributed by atoms with E-state index < -0.39 is 6.10 Å². The monoisotopic (exact) mass is 411 g/mol. The lowest BCUT2D eigenvalue weighted by atomic mass is 10.1. The molecule has 1 heterocycles. The summed E-state index contributed by atoms with van der Waals surface area (Å²) in [5.41, 5.74) is 3.49. The molecule has 0 aromatic heterocycles. The number of ether oxygens (including phenoxy) is 2. The van der Waals surface area contributed by atoms with Gasteiger partial charge in [-0.2, -0.15) is 0 Å². The van der Waals surface area contributed by atoms with E-state index >= 15 is 0 Å². The molecule has 6 heteroatoms. The average Bonchev–Trinajstić information content (AvgIpc) is 3.28. The SMILES string of the molecule is CCOc1cc(CNc2ccccc2N2CCCC2)ccc1O[C@@H](C)C(=O)N(C)C. The van der Waals surface area contributed by atoms with E-state index in [-0.39, 0.29) is 5.91 Å². The molecule has 2 aromatic rings. The molecule has 0 bridgehead atoms. The van der Waals surface area contributed by atoms with Crippen molar-refractivity contribution in [3.63, 3.8) is 0 Å². The van der Waals surface area contributed by atoms with Crippen LogP contribution in [-0.2, 0) is 11.3 Å². The van der Waals surface area contributed by atoms with Gasteiger partial charge in [-0.05, 0) is 56.5 Å². The molecule has 1 N–H and O–H groups in total. The molecule has 0 unspecified atom stereocenters. The Balaban J connectivity index is 1.71. The van der Waals surface area contributed by atoms with E-state index in [1.807, 2.05) is 25.1 Å². The summed E-state index contributed by atoms with van der Waals surface area (Å²) < 4.78 is 11.7. The van der Waals surface area contributed by atoms with Gasteiger partial charge in [-0.15, -0.1) is 0 Å². The van der Waals surface area contributed by atoms with Crippen LogP contribution in [0.1, 0.15) is 32.3 Å². The quantitative estimate of drug-likeness (QED) is 0.672. The molecule has 2 aromatic carbocycles. The maximum Gasteiger partial charge on any atom is 0.262 e. The minimum atomic E-state index is -0.574. The van der Waals surface area contributed by atoms with Crippen molar-refractivity contribution in [3.05, 3.63) is 48.0 Å². The van der Waals surface area contributed by atoms with Crippen LogP contribution >= 0.6 is 0 Å². The Labute approximate surface area is 179 Å². The van der Waals surface area contributed by atoms with Crippen molar-refractivity contribution in [1.82, 2.24) is 4.90 Å². The summed E-state index contributed by atoms with van der Waals surface area (Å²) >= 11 is 0. The summed E-state index contributed by atoms with van der Waals surface area (Å²) in [6.45, 7) is 7.13. The summed E-state index contributed by atoms with van der Waals surface area (Å²) in [6, 6.07) is 14.3. The van der Waals surface area contributed by atoms with Crippen LogP contribution in [0.4, 0.5) is 11.4 Å². The number of carbonyl (C=O) groups excluding carboxylic acids is 1. The number of hydrogen-bond donors (Lipinski definition) is 1. The van der Waals surface area contributed by atoms with Gasteiger partial charge in [0.25, 0.3) is 5.91 Å². The van der Waals surface area contributed by atoms with Crippen molar-refractivity contribution in [2.45, 2.75) is 39.3 Å². The highest BCUT2D eigenvalue weighted by Crippen LogP contribution is 2.32. The minimum absolute atomic E-state index is 0.0817. The van der Waals surface area contributed by atoms with Crippen molar-refractivity contribution in [1.29, 1.82) is 0 Å². The maximum absolute atomic E-state index is 12.1. The van der Waals surface area contributed by atoms with Crippen molar-refractivity contribution in [2.75, 3.05) is 44.0 Å². The normalized spacial score (nSPS) is 14.3. The Bertz CT molecular complexity index is 847. The zero-order valence-electron chi connectivity index (χ0n) is 18.5. The van der Waals surface area contributed by atoms with E-state index in [1.165, 1.54) is 23.4 Å². The first kappa shape index (κ1) is 21.8. The number of para-hydroxylation sites is 2. The highest BCUT2D eigenvalue weighted by Gasteiger charge is 2.19. The van der Waals surface area contributed by atoms with Gasteiger partial charge >= 0.3 is 0 Å². The van der Waals surface area contributed by atoms with E-state index in [9.17, 15) is 4.79 Å². The molecular weight excluding hydrogens is 378 g/mol. The zero-order chi connectivity index (χ0) is 21.5. The average molecular weight is 412 g/mol. The fourth-order valence-electron chi connectivity index (χ4n) is 3.69. The van der Waals surface area contributed by atoms with Crippen LogP contribution in [0.2, 0.25) is 0 Å². The van der Waals surface area contributed by atoms with Gasteiger partial charge in [-0.1, -0.05) is 18.2 Å². The van der Waals surface area contributed by atoms with Crippen molar-refractivity contribution >= 4 is 17.3 Å². The molecule has 6 nitrogen and oxygen atoms in total. The third kappa shape index (κ3) is 5.38. The van der Waals surface area contributed by atoms with Crippen LogP contribution in [0.3, 0.4) is 0 Å². The van der Waals surface area contributed by atoms with Gasteiger partial charge in [0.1, 0.15) is 0 Å². The third-order valence-electron chi connectivity index (χ3n) is 5.23. The Kier molecular flexibility index (Phi) is 7.44. The first-order chi connectivity index (χ1) is 14.5. The second-order valence-corrected chi connectivity index (χ2v) is 7.77. The molecule has 1 saturated heterocycles. The van der Waals surface area contributed by atoms with Crippen LogP contribution in [0.25, 0.3) is 0 Å². The standard InChI is InChI=1S/C24H33N3O3/c1-5-29-23-16-19(12-13-22(23)30-18(2)24(28)26(3)4)17-25-20-10-6-7-11-21(20)27-14-8-9-15-27/h6-7,10-13,16,18,25H,5,8-9,14-15,17H2,1-4H3/t18-/m0/s1. The number of benzene rings is 2. The van der Waals surface area contributed by atoms with Gasteiger partial charge in [0, 0.05) is 33.7 Å². The molecule has 3 rings (SSSR count). The topological polar surface area (TPSA) is 54.0 Å². The van der Waals surface area contributed by atoms with Crippen LogP contribution in [0.15, 0.2) is 42.5 Å². The van der Waals surface area contributed by atoms with Crippen molar-refractivity contribution in [2.24, 2.45) is 0 Å². The molecule has 162 valence electrons. The second-order valence-electron chi connectivity index (χ2n) is 7.77. The lowest BCUT2D eigenvalue weighted by Crippen LogP contribution is -2.35. The predicted molar refractivity (Wildman–Crippen MR) is 122 cm³/mol. The van der Waals surface area contributed by atoms with Gasteiger partial charge < -0.3 is 24.6 Å². The minimum Gasteiger partial charge on any atom is -0.490 e. The smallest absolute Gasteiger partial charge is 0.262 e. The number of nitrogens with zero attached hydrogens (tertiary/aromatic N) is 2. The lowest BCUT2D eigenvalue weighted by Gasteiger charge is -2.22. The Morgan fingerprint density at radius 3 is 2.57 bits per heavy atom. The fraction of sp³-hybridized carbons (Fsp3) is 0.458. The summed E-state index contributed by atoms with van der Waals surface area (Å²) in [4.78, 5) is 16.1. The van der Waals surface area contributed by atoms with E-state index in [0.29, 0.717) is 24.7 Å². The largest absolute Gasteiger partial charge is 0.490 e. The van der Waals surface area contributed by atoms with Crippen LogP contribution < -0.4 is 19.7 Å². The molecule has 1 fully saturated rings. The Morgan fingerprint density at radius 1 is 1.13 bits per heavy atom. The molecule has 0 radical (unpaired) electrons. The van der Waals surface area contributed by atoms with Crippen molar-refractivity contribution < 1.29 is 14.3 Å². The van der Waals surface area contributed by atoms with Gasteiger partial charge in [-0.3, -0.25) is 4.79 Å². The number of amides is 1. The highest BCUT2D eigenvalue weighted by molar-refractivity contribution is 5.80. The molecular formula is C24H33N3O3. The number of carbonyl (C=O) groups is 1. The van der Waals surface area contributed by atoms with Crippen molar-refractivity contribution in [3.8, 4) is 11.5 Å². The van der Waals surface area contributed by atoms with Gasteiger partial charge in [-0.25, -0.2) is 0 Å². The van der Waals surface area contributed by atoms with E-state index in [2.05, 4.69) is 34.5 Å². The third-order valence-corrected chi connectivity index (χ3v) is 5.23. The molecule has 0 saturated carbocycles. The maximum atomic E-state index is 12.1. The van der Waals surface area contributed by atoms with Gasteiger partial charge in [0.05, 0.1) is 18.0 Å². The van der Waals surface area contributed by atoms with Crippen LogP contribution in [0.5, 0.6) is 11.5 Å². The lowest BCUT2D eigenvalue weighted by molar-refractivity contribution is -0.135. The molecule has 1 amide bonds. The summed E-state index contributed by atoms with van der Waals surface area (Å²) in [7, 11) is 3.45. The first-order valence-electron chi connectivity index (χ1n) is 10.7. The second kappa shape index (κ2) is 10.2. The van der Waals surface area contributed by atoms with Crippen LogP contribution in [-0.4, -0.2) is 50.7 Å². The number of nitrogens with one attached hydrogen (secondary N) is 1. The number of hydrogen-bond acceptors (Lipinski definition) is 5. The summed E-state index contributed by atoms with van der Waals surface area (Å²) in [6.07, 6.45) is 1.93. The number of rotatable bonds is 9. The summed E-state index contributed by atoms with van der Waals surface area (Å²) in [5, 5.41) is 3.57. The fourth-order valence-corrected chi connectivity index (χ4v) is 3.69. The Morgan fingerprint density at radius 2 is 1.87 bits per heavy atom. The zero-order valence-corrected chi connectivity index (χ0v) is 18.5. The van der Waals surface area contributed by atoms with E-state index in [4.69, 9.17) is 9.47 Å². The molecule has 1 atom stereocenters. The number of likely N-dealkylation sites (N-methyl/N-ethyl adjacent to an activating group) is 1. The van der Waals surface area contributed by atoms with Gasteiger partial charge in [0.15, 0.2) is 17.6 Å². The molecule has 1 aliphatic rings. The first-order valence-corrected chi connectivity index (χ1v) is 10.7. The molecule has 30 heavy (non-hydrogen) atoms. The highest BCUT2D eigenvalue weighted by atomic mass is 16.5. The molecule has 0 aliphatic carbocycles. The number of anilines is 2. The van der Waals surface area contributed by atoms with E-state index in [0.717, 1.165) is 24.3 Å². The summed E-state index contributed by atoms with van der Waals surface area (Å²) in [5.74, 6) is 1.16. The predicted octanol–water partition coefficient (Wildman–Crippen LogP) is 4.15. The molecule has 0 spiro atoms. The van der Waals surface area contributed by atoms with Gasteiger partial charge in [0.2, 0.25) is 0 Å². The molecule has 1 aliphatic heterocycles. The Hall–Kier alpha value is -2.89. The van der Waals surface area contributed by atoms with Crippen LogP contribution in [0, 0.1) is 0 Å². The van der Waals surface area contributed by atoms with E-state index in [1.54, 1.807) is 21.0 Å².